The van der Waals surface area contributed by atoms with Crippen LogP contribution in [-0.2, 0) is 17.5 Å². The molecule has 0 saturated heterocycles. The molecule has 0 unspecified atom stereocenters. The number of rotatable bonds is 4. The Hall–Kier alpha value is -3.53. The van der Waals surface area contributed by atoms with Crippen LogP contribution in [0.4, 0.5) is 18.9 Å². The SMILES string of the molecule is O=C(Cn1nc(-c2ccc3c(c2)OCO3)ccc1=O)Nc1cc(C(F)(F)F)ccc1Cl. The summed E-state index contributed by atoms with van der Waals surface area (Å²) in [6.45, 7) is -0.423. The first-order valence-electron chi connectivity index (χ1n) is 8.85. The fraction of sp³-hybridized carbons (Fsp3) is 0.150. The van der Waals surface area contributed by atoms with Crippen LogP contribution in [0.15, 0.2) is 53.3 Å². The van der Waals surface area contributed by atoms with Gasteiger partial charge in [0.2, 0.25) is 12.7 Å². The van der Waals surface area contributed by atoms with Crippen molar-refractivity contribution in [3.8, 4) is 22.8 Å². The molecule has 0 aliphatic carbocycles. The zero-order valence-corrected chi connectivity index (χ0v) is 16.3. The van der Waals surface area contributed by atoms with E-state index in [0.29, 0.717) is 22.8 Å². The predicted molar refractivity (Wildman–Crippen MR) is 105 cm³/mol. The molecular formula is C20H13ClF3N3O4. The Bertz CT molecular complexity index is 1230. The number of hydrogen-bond donors (Lipinski definition) is 1. The van der Waals surface area contributed by atoms with Crippen molar-refractivity contribution in [3.63, 3.8) is 0 Å². The number of alkyl halides is 3. The third-order valence-electron chi connectivity index (χ3n) is 4.40. The molecule has 0 radical (unpaired) electrons. The third kappa shape index (κ3) is 4.48. The number of amides is 1. The Morgan fingerprint density at radius 2 is 1.87 bits per heavy atom. The van der Waals surface area contributed by atoms with Crippen LogP contribution >= 0.6 is 11.6 Å². The van der Waals surface area contributed by atoms with Gasteiger partial charge in [-0.2, -0.15) is 18.3 Å². The second kappa shape index (κ2) is 7.95. The molecule has 1 aromatic heterocycles. The smallest absolute Gasteiger partial charge is 0.416 e. The lowest BCUT2D eigenvalue weighted by Crippen LogP contribution is -2.29. The van der Waals surface area contributed by atoms with Crippen LogP contribution in [-0.4, -0.2) is 22.5 Å². The van der Waals surface area contributed by atoms with Crippen LogP contribution in [0.5, 0.6) is 11.5 Å². The van der Waals surface area contributed by atoms with Crippen LogP contribution in [0.3, 0.4) is 0 Å². The van der Waals surface area contributed by atoms with Crippen LogP contribution in [0, 0.1) is 0 Å². The molecule has 11 heteroatoms. The highest BCUT2D eigenvalue weighted by atomic mass is 35.5. The van der Waals surface area contributed by atoms with Gasteiger partial charge in [0.1, 0.15) is 6.54 Å². The number of aromatic nitrogens is 2. The van der Waals surface area contributed by atoms with E-state index in [1.807, 2.05) is 0 Å². The maximum Gasteiger partial charge on any atom is 0.416 e. The number of ether oxygens (including phenoxy) is 2. The van der Waals surface area contributed by atoms with Crippen molar-refractivity contribution < 1.29 is 27.4 Å². The first-order valence-corrected chi connectivity index (χ1v) is 9.23. The second-order valence-corrected chi connectivity index (χ2v) is 6.93. The zero-order chi connectivity index (χ0) is 22.2. The minimum atomic E-state index is -4.60. The molecule has 0 spiro atoms. The van der Waals surface area contributed by atoms with Gasteiger partial charge in [-0.05, 0) is 42.5 Å². The highest BCUT2D eigenvalue weighted by Gasteiger charge is 2.31. The predicted octanol–water partition coefficient (Wildman–Crippen LogP) is 3.95. The molecule has 2 aromatic carbocycles. The van der Waals surface area contributed by atoms with Gasteiger partial charge in [-0.3, -0.25) is 9.59 Å². The highest BCUT2D eigenvalue weighted by Crippen LogP contribution is 2.35. The topological polar surface area (TPSA) is 82.5 Å². The molecule has 1 aliphatic rings. The molecule has 0 fully saturated rings. The Kier molecular flexibility index (Phi) is 5.32. The molecular weight excluding hydrogens is 439 g/mol. The quantitative estimate of drug-likeness (QED) is 0.649. The van der Waals surface area contributed by atoms with Gasteiger partial charge in [-0.15, -0.1) is 0 Å². The molecule has 3 aromatic rings. The fourth-order valence-electron chi connectivity index (χ4n) is 2.90. The zero-order valence-electron chi connectivity index (χ0n) is 15.6. The molecule has 0 saturated carbocycles. The number of nitrogens with one attached hydrogen (secondary N) is 1. The van der Waals surface area contributed by atoms with E-state index in [4.69, 9.17) is 21.1 Å². The highest BCUT2D eigenvalue weighted by molar-refractivity contribution is 6.33. The van der Waals surface area contributed by atoms with E-state index < -0.39 is 29.8 Å². The summed E-state index contributed by atoms with van der Waals surface area (Å²) in [7, 11) is 0. The molecule has 0 bridgehead atoms. The number of halogens is 4. The number of anilines is 1. The lowest BCUT2D eigenvalue weighted by Gasteiger charge is -2.12. The maximum absolute atomic E-state index is 12.9. The Labute approximate surface area is 178 Å². The van der Waals surface area contributed by atoms with Crippen molar-refractivity contribution in [1.82, 2.24) is 9.78 Å². The number of nitrogens with zero attached hydrogens (tertiary/aromatic N) is 2. The molecule has 31 heavy (non-hydrogen) atoms. The summed E-state index contributed by atoms with van der Waals surface area (Å²) in [5.41, 5.74) is -0.731. The maximum atomic E-state index is 12.9. The van der Waals surface area contributed by atoms with E-state index in [9.17, 15) is 22.8 Å². The number of fused-ring (bicyclic) bond motifs is 1. The standard InChI is InChI=1S/C20H13ClF3N3O4/c21-13-3-2-12(20(22,23)24)8-15(13)25-18(28)9-27-19(29)6-4-14(26-27)11-1-5-16-17(7-11)31-10-30-16/h1-8H,9-10H2,(H,25,28). The first-order chi connectivity index (χ1) is 14.7. The molecule has 1 amide bonds. The van der Waals surface area contributed by atoms with E-state index in [-0.39, 0.29) is 17.5 Å². The van der Waals surface area contributed by atoms with E-state index in [0.717, 1.165) is 22.9 Å². The van der Waals surface area contributed by atoms with Gasteiger partial charge in [-0.25, -0.2) is 4.68 Å². The van der Waals surface area contributed by atoms with Gasteiger partial charge in [0, 0.05) is 11.6 Å². The van der Waals surface area contributed by atoms with Crippen LogP contribution in [0.1, 0.15) is 5.56 Å². The van der Waals surface area contributed by atoms with Crippen molar-refractivity contribution in [1.29, 1.82) is 0 Å². The Morgan fingerprint density at radius 3 is 2.65 bits per heavy atom. The minimum Gasteiger partial charge on any atom is -0.454 e. The van der Waals surface area contributed by atoms with Gasteiger partial charge in [0.25, 0.3) is 5.56 Å². The van der Waals surface area contributed by atoms with Crippen LogP contribution < -0.4 is 20.3 Å². The summed E-state index contributed by atoms with van der Waals surface area (Å²) in [6, 6.07) is 10.4. The molecule has 4 rings (SSSR count). The summed E-state index contributed by atoms with van der Waals surface area (Å²) >= 11 is 5.89. The average molecular weight is 452 g/mol. The molecule has 1 N–H and O–H groups in total. The summed E-state index contributed by atoms with van der Waals surface area (Å²) in [6.07, 6.45) is -4.60. The monoisotopic (exact) mass is 451 g/mol. The van der Waals surface area contributed by atoms with E-state index >= 15 is 0 Å². The second-order valence-electron chi connectivity index (χ2n) is 6.52. The van der Waals surface area contributed by atoms with E-state index in [1.165, 1.54) is 12.1 Å². The Balaban J connectivity index is 1.55. The first kappa shape index (κ1) is 20.7. The van der Waals surface area contributed by atoms with Gasteiger partial charge >= 0.3 is 6.18 Å². The van der Waals surface area contributed by atoms with Gasteiger partial charge in [-0.1, -0.05) is 11.6 Å². The van der Waals surface area contributed by atoms with Gasteiger partial charge in [0.05, 0.1) is 22.0 Å². The molecule has 7 nitrogen and oxygen atoms in total. The summed E-state index contributed by atoms with van der Waals surface area (Å²) in [4.78, 5) is 24.5. The number of carbonyl (C=O) groups is 1. The van der Waals surface area contributed by atoms with Crippen LogP contribution in [0.25, 0.3) is 11.3 Å². The molecule has 0 atom stereocenters. The summed E-state index contributed by atoms with van der Waals surface area (Å²) < 4.78 is 50.2. The minimum absolute atomic E-state index is 0.0734. The number of hydrogen-bond acceptors (Lipinski definition) is 5. The average Bonchev–Trinajstić information content (AvgIpc) is 3.18. The van der Waals surface area contributed by atoms with Crippen LogP contribution in [0.2, 0.25) is 5.02 Å². The number of carbonyl (C=O) groups excluding carboxylic acids is 1. The fourth-order valence-corrected chi connectivity index (χ4v) is 3.06. The Morgan fingerprint density at radius 1 is 1.10 bits per heavy atom. The van der Waals surface area contributed by atoms with Crippen molar-refractivity contribution >= 4 is 23.2 Å². The van der Waals surface area contributed by atoms with Crippen molar-refractivity contribution in [2.24, 2.45) is 0 Å². The number of benzene rings is 2. The molecule has 1 aliphatic heterocycles. The normalized spacial score (nSPS) is 12.6. The lowest BCUT2D eigenvalue weighted by atomic mass is 10.1. The summed E-state index contributed by atoms with van der Waals surface area (Å²) in [5.74, 6) is 0.335. The van der Waals surface area contributed by atoms with Gasteiger partial charge in [0.15, 0.2) is 11.5 Å². The van der Waals surface area contributed by atoms with Gasteiger partial charge < -0.3 is 14.8 Å². The third-order valence-corrected chi connectivity index (χ3v) is 4.73. The molecule has 2 heterocycles. The van der Waals surface area contributed by atoms with Crippen molar-refractivity contribution in [2.45, 2.75) is 12.7 Å². The van der Waals surface area contributed by atoms with Crippen molar-refractivity contribution in [3.05, 3.63) is 69.5 Å². The van der Waals surface area contributed by atoms with E-state index in [1.54, 1.807) is 18.2 Å². The summed E-state index contributed by atoms with van der Waals surface area (Å²) in [5, 5.41) is 6.37. The largest absolute Gasteiger partial charge is 0.454 e. The molecule has 160 valence electrons. The van der Waals surface area contributed by atoms with E-state index in [2.05, 4.69) is 10.4 Å². The van der Waals surface area contributed by atoms with Crippen molar-refractivity contribution in [2.75, 3.05) is 12.1 Å². The lowest BCUT2D eigenvalue weighted by molar-refractivity contribution is -0.137.